The molecule has 0 saturated carbocycles. The van der Waals surface area contributed by atoms with Gasteiger partial charge in [-0.05, 0) is 0 Å². The van der Waals surface area contributed by atoms with Crippen molar-refractivity contribution in [1.29, 1.82) is 0 Å². The molecular weight excluding hydrogens is 264 g/mol. The van der Waals surface area contributed by atoms with E-state index in [1.807, 2.05) is 0 Å². The fourth-order valence-corrected chi connectivity index (χ4v) is 1.55. The topological polar surface area (TPSA) is 146 Å². The second-order valence-corrected chi connectivity index (χ2v) is 3.98. The van der Waals surface area contributed by atoms with Crippen molar-refractivity contribution in [2.75, 3.05) is 13.2 Å². The summed E-state index contributed by atoms with van der Waals surface area (Å²) in [5, 5.41) is 47.4. The van der Waals surface area contributed by atoms with Gasteiger partial charge in [-0.15, -0.1) is 0 Å². The molecule has 9 heteroatoms. The van der Waals surface area contributed by atoms with Crippen LogP contribution < -0.4 is 0 Å². The Morgan fingerprint density at radius 2 is 2.00 bits per heavy atom. The molecule has 0 aromatic carbocycles. The number of aliphatic hydroxyl groups excluding tert-OH is 4. The molecule has 5 N–H and O–H groups in total. The van der Waals surface area contributed by atoms with Crippen molar-refractivity contribution < 1.29 is 44.8 Å². The summed E-state index contributed by atoms with van der Waals surface area (Å²) in [6, 6.07) is 0. The molecule has 1 aliphatic rings. The van der Waals surface area contributed by atoms with Crippen LogP contribution in [0.3, 0.4) is 0 Å². The molecule has 1 fully saturated rings. The summed E-state index contributed by atoms with van der Waals surface area (Å²) in [4.78, 5) is 19.2. The van der Waals surface area contributed by atoms with Crippen LogP contribution >= 0.6 is 0 Å². The lowest BCUT2D eigenvalue weighted by Crippen LogP contribution is -2.66. The van der Waals surface area contributed by atoms with Gasteiger partial charge in [-0.3, -0.25) is 4.89 Å². The molecule has 110 valence electrons. The van der Waals surface area contributed by atoms with Gasteiger partial charge in [0.15, 0.2) is 6.61 Å². The average molecular weight is 280 g/mol. The van der Waals surface area contributed by atoms with Crippen LogP contribution in [0.25, 0.3) is 0 Å². The SMILES string of the molecule is C=CC(=O)OOCC1(O)O[C@H](CO)[C@@H](O)[C@H](O)[C@H]1O. The third-order valence-electron chi connectivity index (χ3n) is 2.63. The minimum absolute atomic E-state index is 0.709. The van der Waals surface area contributed by atoms with Gasteiger partial charge in [0.1, 0.15) is 24.4 Å². The Hall–Kier alpha value is -1.07. The summed E-state index contributed by atoms with van der Waals surface area (Å²) >= 11 is 0. The van der Waals surface area contributed by atoms with Crippen molar-refractivity contribution in [1.82, 2.24) is 0 Å². The summed E-state index contributed by atoms with van der Waals surface area (Å²) in [6.07, 6.45) is -5.81. The summed E-state index contributed by atoms with van der Waals surface area (Å²) < 4.78 is 4.84. The summed E-state index contributed by atoms with van der Waals surface area (Å²) in [5.74, 6) is -3.39. The average Bonchev–Trinajstić information content (AvgIpc) is 2.40. The molecule has 1 aliphatic heterocycles. The number of rotatable bonds is 5. The van der Waals surface area contributed by atoms with Crippen molar-refractivity contribution >= 4 is 5.97 Å². The number of hydrogen-bond donors (Lipinski definition) is 5. The van der Waals surface area contributed by atoms with Crippen LogP contribution in [0.1, 0.15) is 0 Å². The predicted octanol–water partition coefficient (Wildman–Crippen LogP) is -3.19. The van der Waals surface area contributed by atoms with Gasteiger partial charge in [-0.1, -0.05) is 6.58 Å². The lowest BCUT2D eigenvalue weighted by Gasteiger charge is -2.44. The monoisotopic (exact) mass is 280 g/mol. The number of aliphatic hydroxyl groups is 5. The first-order valence-electron chi connectivity index (χ1n) is 5.37. The van der Waals surface area contributed by atoms with Crippen molar-refractivity contribution in [2.45, 2.75) is 30.2 Å². The third-order valence-corrected chi connectivity index (χ3v) is 2.63. The van der Waals surface area contributed by atoms with Crippen LogP contribution in [0.5, 0.6) is 0 Å². The van der Waals surface area contributed by atoms with Crippen molar-refractivity contribution in [3.05, 3.63) is 12.7 Å². The first-order chi connectivity index (χ1) is 8.85. The molecule has 1 saturated heterocycles. The van der Waals surface area contributed by atoms with Gasteiger partial charge < -0.3 is 30.3 Å². The Kier molecular flexibility index (Phi) is 5.38. The van der Waals surface area contributed by atoms with Gasteiger partial charge in [0.05, 0.1) is 6.61 Å². The van der Waals surface area contributed by atoms with Crippen molar-refractivity contribution in [2.24, 2.45) is 0 Å². The van der Waals surface area contributed by atoms with E-state index in [0.29, 0.717) is 0 Å². The summed E-state index contributed by atoms with van der Waals surface area (Å²) in [6.45, 7) is 1.55. The molecule has 0 amide bonds. The normalized spacial score (nSPS) is 38.8. The van der Waals surface area contributed by atoms with E-state index >= 15 is 0 Å². The maximum Gasteiger partial charge on any atom is 0.365 e. The van der Waals surface area contributed by atoms with Crippen LogP contribution in [0.4, 0.5) is 0 Å². The molecule has 0 aromatic rings. The maximum atomic E-state index is 10.7. The standard InChI is InChI=1S/C10H16O9/c1-2-6(12)19-17-4-10(16)9(15)8(14)7(13)5(3-11)18-10/h2,5,7-9,11,13-16H,1,3-4H2/t5-,7-,8+,9-,10?/m1/s1. The van der Waals surface area contributed by atoms with Crippen LogP contribution in [0.15, 0.2) is 12.7 Å². The van der Waals surface area contributed by atoms with Crippen LogP contribution in [-0.4, -0.2) is 74.9 Å². The van der Waals surface area contributed by atoms with E-state index in [0.717, 1.165) is 6.08 Å². The Bertz CT molecular complexity index is 331. The molecule has 0 spiro atoms. The third kappa shape index (κ3) is 3.48. The zero-order chi connectivity index (χ0) is 14.6. The van der Waals surface area contributed by atoms with E-state index in [9.17, 15) is 25.2 Å². The lowest BCUT2D eigenvalue weighted by atomic mass is 9.93. The van der Waals surface area contributed by atoms with Gasteiger partial charge in [-0.25, -0.2) is 4.79 Å². The highest BCUT2D eigenvalue weighted by molar-refractivity contribution is 5.80. The maximum absolute atomic E-state index is 10.7. The van der Waals surface area contributed by atoms with Crippen LogP contribution in [0, 0.1) is 0 Å². The van der Waals surface area contributed by atoms with E-state index in [4.69, 9.17) is 9.84 Å². The van der Waals surface area contributed by atoms with Crippen LogP contribution in [0.2, 0.25) is 0 Å². The van der Waals surface area contributed by atoms with Gasteiger partial charge in [-0.2, -0.15) is 4.89 Å². The molecule has 0 aromatic heterocycles. The zero-order valence-corrected chi connectivity index (χ0v) is 9.88. The van der Waals surface area contributed by atoms with E-state index < -0.39 is 49.4 Å². The Labute approximate surface area is 108 Å². The lowest BCUT2D eigenvalue weighted by molar-refractivity contribution is -0.393. The molecule has 5 atom stereocenters. The smallest absolute Gasteiger partial charge is 0.365 e. The van der Waals surface area contributed by atoms with Crippen LogP contribution in [-0.2, 0) is 19.3 Å². The molecule has 9 nitrogen and oxygen atoms in total. The van der Waals surface area contributed by atoms with Crippen molar-refractivity contribution in [3.8, 4) is 0 Å². The van der Waals surface area contributed by atoms with E-state index in [2.05, 4.69) is 16.4 Å². The molecule has 0 aliphatic carbocycles. The van der Waals surface area contributed by atoms with Gasteiger partial charge in [0, 0.05) is 6.08 Å². The van der Waals surface area contributed by atoms with Gasteiger partial charge in [0.25, 0.3) is 0 Å². The highest BCUT2D eigenvalue weighted by atomic mass is 17.2. The summed E-state index contributed by atoms with van der Waals surface area (Å²) in [7, 11) is 0. The number of carbonyl (C=O) groups excluding carboxylic acids is 1. The quantitative estimate of drug-likeness (QED) is 0.200. The molecule has 1 heterocycles. The summed E-state index contributed by atoms with van der Waals surface area (Å²) in [5.41, 5.74) is 0. The molecule has 1 unspecified atom stereocenters. The molecule has 0 bridgehead atoms. The Morgan fingerprint density at radius 3 is 2.53 bits per heavy atom. The first kappa shape index (κ1) is 16.0. The number of carbonyl (C=O) groups is 1. The number of ether oxygens (including phenoxy) is 1. The molecule has 0 radical (unpaired) electrons. The van der Waals surface area contributed by atoms with E-state index in [1.54, 1.807) is 0 Å². The fraction of sp³-hybridized carbons (Fsp3) is 0.700. The highest BCUT2D eigenvalue weighted by Crippen LogP contribution is 2.28. The van der Waals surface area contributed by atoms with E-state index in [1.165, 1.54) is 0 Å². The Morgan fingerprint density at radius 1 is 1.37 bits per heavy atom. The minimum atomic E-state index is -2.45. The van der Waals surface area contributed by atoms with Gasteiger partial charge >= 0.3 is 5.97 Å². The highest BCUT2D eigenvalue weighted by Gasteiger charge is 2.53. The number of hydrogen-bond acceptors (Lipinski definition) is 9. The van der Waals surface area contributed by atoms with E-state index in [-0.39, 0.29) is 0 Å². The van der Waals surface area contributed by atoms with Gasteiger partial charge in [0.2, 0.25) is 5.79 Å². The second kappa shape index (κ2) is 6.39. The molecule has 1 rings (SSSR count). The molecular formula is C10H16O9. The fourth-order valence-electron chi connectivity index (χ4n) is 1.55. The zero-order valence-electron chi connectivity index (χ0n) is 9.88. The Balaban J connectivity index is 2.67. The van der Waals surface area contributed by atoms with Crippen molar-refractivity contribution in [3.63, 3.8) is 0 Å². The largest absolute Gasteiger partial charge is 0.394 e. The second-order valence-electron chi connectivity index (χ2n) is 3.98. The first-order valence-corrected chi connectivity index (χ1v) is 5.37. The minimum Gasteiger partial charge on any atom is -0.394 e. The predicted molar refractivity (Wildman–Crippen MR) is 57.2 cm³/mol. The molecule has 19 heavy (non-hydrogen) atoms.